The number of nitrogens with one attached hydrogen (secondary N) is 1. The summed E-state index contributed by atoms with van der Waals surface area (Å²) in [6.07, 6.45) is 4.41. The zero-order chi connectivity index (χ0) is 18.7. The lowest BCUT2D eigenvalue weighted by atomic mass is 9.96. The van der Waals surface area contributed by atoms with Gasteiger partial charge in [0.15, 0.2) is 0 Å². The highest BCUT2D eigenvalue weighted by Gasteiger charge is 2.30. The van der Waals surface area contributed by atoms with E-state index in [1.807, 2.05) is 20.8 Å². The first-order chi connectivity index (χ1) is 12.3. The summed E-state index contributed by atoms with van der Waals surface area (Å²) in [5.41, 5.74) is 0.742. The molecule has 1 aliphatic carbocycles. The molecular weight excluding hydrogens is 350 g/mol. The van der Waals surface area contributed by atoms with Gasteiger partial charge in [-0.1, -0.05) is 0 Å². The maximum absolute atomic E-state index is 12.4. The number of thiazole rings is 1. The standard InChI is InChI=1S/C19H29N3O3S/c1-19(2,3)25-18(24)22-10-7-14(8-11-22)17(23)20-9-6-16-21-15(12-26-16)13-4-5-13/h12-14H,4-11H2,1-3H3,(H,20,23). The van der Waals surface area contributed by atoms with E-state index >= 15 is 0 Å². The lowest BCUT2D eigenvalue weighted by Gasteiger charge is -2.32. The molecule has 2 aliphatic rings. The molecule has 0 spiro atoms. The van der Waals surface area contributed by atoms with Crippen LogP contribution in [0.5, 0.6) is 0 Å². The number of aromatic nitrogens is 1. The summed E-state index contributed by atoms with van der Waals surface area (Å²) in [5.74, 6) is 0.754. The molecule has 3 rings (SSSR count). The summed E-state index contributed by atoms with van der Waals surface area (Å²) in [6.45, 7) is 7.36. The SMILES string of the molecule is CC(C)(C)OC(=O)N1CCC(C(=O)NCCc2nc(C3CC3)cs2)CC1. The molecule has 2 amide bonds. The Morgan fingerprint density at radius 3 is 2.58 bits per heavy atom. The zero-order valence-corrected chi connectivity index (χ0v) is 16.7. The number of carbonyl (C=O) groups is 2. The molecule has 2 heterocycles. The number of ether oxygens (including phenoxy) is 1. The number of carbonyl (C=O) groups excluding carboxylic acids is 2. The van der Waals surface area contributed by atoms with E-state index in [4.69, 9.17) is 4.74 Å². The fourth-order valence-electron chi connectivity index (χ4n) is 3.09. The Balaban J connectivity index is 1.36. The molecule has 1 aliphatic heterocycles. The van der Waals surface area contributed by atoms with Gasteiger partial charge in [-0.15, -0.1) is 11.3 Å². The smallest absolute Gasteiger partial charge is 0.410 e. The maximum atomic E-state index is 12.4. The van der Waals surface area contributed by atoms with Crippen molar-refractivity contribution in [2.45, 2.75) is 64.4 Å². The lowest BCUT2D eigenvalue weighted by molar-refractivity contribution is -0.126. The Morgan fingerprint density at radius 2 is 1.96 bits per heavy atom. The Labute approximate surface area is 159 Å². The predicted molar refractivity (Wildman–Crippen MR) is 101 cm³/mol. The van der Waals surface area contributed by atoms with Crippen LogP contribution in [-0.4, -0.2) is 47.1 Å². The van der Waals surface area contributed by atoms with Gasteiger partial charge in [0.2, 0.25) is 5.91 Å². The van der Waals surface area contributed by atoms with Gasteiger partial charge < -0.3 is 15.0 Å². The second-order valence-corrected chi connectivity index (χ2v) is 9.17. The van der Waals surface area contributed by atoms with E-state index in [1.165, 1.54) is 18.5 Å². The monoisotopic (exact) mass is 379 g/mol. The van der Waals surface area contributed by atoms with Crippen LogP contribution in [0.4, 0.5) is 4.79 Å². The number of hydrogen-bond donors (Lipinski definition) is 1. The first kappa shape index (κ1) is 19.1. The largest absolute Gasteiger partial charge is 0.444 e. The fraction of sp³-hybridized carbons (Fsp3) is 0.737. The summed E-state index contributed by atoms with van der Waals surface area (Å²) < 4.78 is 5.39. The van der Waals surface area contributed by atoms with Crippen molar-refractivity contribution in [3.63, 3.8) is 0 Å². The van der Waals surface area contributed by atoms with Crippen LogP contribution >= 0.6 is 11.3 Å². The van der Waals surface area contributed by atoms with E-state index in [0.717, 1.165) is 11.4 Å². The van der Waals surface area contributed by atoms with Crippen LogP contribution in [0.2, 0.25) is 0 Å². The average molecular weight is 380 g/mol. The van der Waals surface area contributed by atoms with Crippen molar-refractivity contribution in [2.75, 3.05) is 19.6 Å². The maximum Gasteiger partial charge on any atom is 0.410 e. The summed E-state index contributed by atoms with van der Waals surface area (Å²) >= 11 is 1.69. The average Bonchev–Trinajstić information content (AvgIpc) is 3.33. The number of likely N-dealkylation sites (tertiary alicyclic amines) is 1. The Morgan fingerprint density at radius 1 is 1.27 bits per heavy atom. The highest BCUT2D eigenvalue weighted by molar-refractivity contribution is 7.09. The normalized spacial score (nSPS) is 18.7. The first-order valence-corrected chi connectivity index (χ1v) is 10.4. The highest BCUT2D eigenvalue weighted by atomic mass is 32.1. The molecule has 2 fully saturated rings. The molecular formula is C19H29N3O3S. The topological polar surface area (TPSA) is 71.5 Å². The van der Waals surface area contributed by atoms with E-state index in [2.05, 4.69) is 15.7 Å². The van der Waals surface area contributed by atoms with Gasteiger partial charge in [-0.2, -0.15) is 0 Å². The van der Waals surface area contributed by atoms with Gasteiger partial charge in [-0.3, -0.25) is 4.79 Å². The predicted octanol–water partition coefficient (Wildman–Crippen LogP) is 3.33. The summed E-state index contributed by atoms with van der Waals surface area (Å²) in [6, 6.07) is 0. The first-order valence-electron chi connectivity index (χ1n) is 9.52. The van der Waals surface area contributed by atoms with E-state index in [9.17, 15) is 9.59 Å². The van der Waals surface area contributed by atoms with Gasteiger partial charge >= 0.3 is 6.09 Å². The molecule has 1 aromatic heterocycles. The number of amides is 2. The third kappa shape index (κ3) is 5.43. The number of rotatable bonds is 5. The molecule has 0 atom stereocenters. The van der Waals surface area contributed by atoms with E-state index in [-0.39, 0.29) is 17.9 Å². The van der Waals surface area contributed by atoms with Gasteiger partial charge in [-0.05, 0) is 46.5 Å². The molecule has 7 heteroatoms. The van der Waals surface area contributed by atoms with Crippen LogP contribution in [0.15, 0.2) is 5.38 Å². The van der Waals surface area contributed by atoms with Crippen LogP contribution in [0, 0.1) is 5.92 Å². The van der Waals surface area contributed by atoms with Crippen molar-refractivity contribution in [3.05, 3.63) is 16.1 Å². The number of nitrogens with zero attached hydrogens (tertiary/aromatic N) is 2. The Bertz CT molecular complexity index is 641. The molecule has 1 saturated heterocycles. The van der Waals surface area contributed by atoms with Gasteiger partial charge in [0.1, 0.15) is 5.60 Å². The Hall–Kier alpha value is -1.63. The third-order valence-electron chi connectivity index (χ3n) is 4.72. The van der Waals surface area contributed by atoms with Crippen LogP contribution in [0.3, 0.4) is 0 Å². The van der Waals surface area contributed by atoms with Crippen LogP contribution in [0.25, 0.3) is 0 Å². The molecule has 1 saturated carbocycles. The molecule has 6 nitrogen and oxygen atoms in total. The van der Waals surface area contributed by atoms with E-state index in [0.29, 0.717) is 38.4 Å². The molecule has 0 unspecified atom stereocenters. The van der Waals surface area contributed by atoms with Crippen molar-refractivity contribution in [3.8, 4) is 0 Å². The van der Waals surface area contributed by atoms with Crippen LogP contribution < -0.4 is 5.32 Å². The lowest BCUT2D eigenvalue weighted by Crippen LogP contribution is -2.45. The van der Waals surface area contributed by atoms with Gasteiger partial charge in [0.05, 0.1) is 10.7 Å². The summed E-state index contributed by atoms with van der Waals surface area (Å²) in [5, 5.41) is 6.29. The van der Waals surface area contributed by atoms with Gasteiger partial charge in [-0.25, -0.2) is 9.78 Å². The van der Waals surface area contributed by atoms with Crippen molar-refractivity contribution in [1.82, 2.24) is 15.2 Å². The third-order valence-corrected chi connectivity index (χ3v) is 5.65. The molecule has 1 aromatic rings. The Kier molecular flexibility index (Phi) is 5.85. The second-order valence-electron chi connectivity index (χ2n) is 8.22. The minimum absolute atomic E-state index is 0.0213. The van der Waals surface area contributed by atoms with Gasteiger partial charge in [0.25, 0.3) is 0 Å². The van der Waals surface area contributed by atoms with Crippen LogP contribution in [0.1, 0.15) is 63.1 Å². The molecule has 0 radical (unpaired) electrons. The highest BCUT2D eigenvalue weighted by Crippen LogP contribution is 2.40. The molecule has 26 heavy (non-hydrogen) atoms. The van der Waals surface area contributed by atoms with Crippen LogP contribution in [-0.2, 0) is 16.0 Å². The van der Waals surface area contributed by atoms with Crippen molar-refractivity contribution >= 4 is 23.3 Å². The quantitative estimate of drug-likeness (QED) is 0.852. The fourth-order valence-corrected chi connectivity index (χ4v) is 3.97. The molecule has 144 valence electrons. The van der Waals surface area contributed by atoms with E-state index < -0.39 is 5.60 Å². The minimum atomic E-state index is -0.486. The van der Waals surface area contributed by atoms with Crippen molar-refractivity contribution < 1.29 is 14.3 Å². The number of piperidine rings is 1. The van der Waals surface area contributed by atoms with Crippen molar-refractivity contribution in [1.29, 1.82) is 0 Å². The second kappa shape index (κ2) is 7.94. The minimum Gasteiger partial charge on any atom is -0.444 e. The summed E-state index contributed by atoms with van der Waals surface area (Å²) in [7, 11) is 0. The molecule has 0 bridgehead atoms. The molecule has 0 aromatic carbocycles. The van der Waals surface area contributed by atoms with E-state index in [1.54, 1.807) is 16.2 Å². The van der Waals surface area contributed by atoms with Gasteiger partial charge in [0, 0.05) is 43.3 Å². The zero-order valence-electron chi connectivity index (χ0n) is 15.9. The number of hydrogen-bond acceptors (Lipinski definition) is 5. The van der Waals surface area contributed by atoms with Crippen molar-refractivity contribution in [2.24, 2.45) is 5.92 Å². The molecule has 1 N–H and O–H groups in total. The summed E-state index contributed by atoms with van der Waals surface area (Å²) in [4.78, 5) is 30.8.